The highest BCUT2D eigenvalue weighted by Crippen LogP contribution is 2.18. The molecule has 0 fully saturated rings. The van der Waals surface area contributed by atoms with E-state index < -0.39 is 24.7 Å². The quantitative estimate of drug-likeness (QED) is 0.789. The number of carbonyl (C=O) groups is 1. The van der Waals surface area contributed by atoms with E-state index in [-0.39, 0.29) is 12.5 Å². The lowest BCUT2D eigenvalue weighted by atomic mass is 10.0. The third-order valence-corrected chi connectivity index (χ3v) is 2.22. The average Bonchev–Trinajstić information content (AvgIpc) is 2.12. The highest BCUT2D eigenvalue weighted by molar-refractivity contribution is 5.81. The molecule has 0 aliphatic carbocycles. The second-order valence-electron chi connectivity index (χ2n) is 4.61. The van der Waals surface area contributed by atoms with Crippen molar-refractivity contribution < 1.29 is 18.0 Å². The van der Waals surface area contributed by atoms with Crippen LogP contribution in [0, 0.1) is 5.92 Å². The third-order valence-electron chi connectivity index (χ3n) is 2.22. The molecule has 0 heterocycles. The molecule has 0 saturated carbocycles. The van der Waals surface area contributed by atoms with E-state index in [2.05, 4.69) is 0 Å². The summed E-state index contributed by atoms with van der Waals surface area (Å²) in [6, 6.07) is -0.844. The number of hydrogen-bond acceptors (Lipinski definition) is 2. The number of nitrogens with two attached hydrogens (primary N) is 1. The predicted molar refractivity (Wildman–Crippen MR) is 60.4 cm³/mol. The van der Waals surface area contributed by atoms with Gasteiger partial charge in [0.25, 0.3) is 0 Å². The molecule has 0 radical (unpaired) electrons. The van der Waals surface area contributed by atoms with Gasteiger partial charge >= 0.3 is 6.18 Å². The van der Waals surface area contributed by atoms with Crippen molar-refractivity contribution in [3.63, 3.8) is 0 Å². The van der Waals surface area contributed by atoms with Crippen LogP contribution in [0.4, 0.5) is 13.2 Å². The van der Waals surface area contributed by atoms with E-state index >= 15 is 0 Å². The molecule has 102 valence electrons. The van der Waals surface area contributed by atoms with E-state index in [1.807, 2.05) is 13.8 Å². The molecule has 17 heavy (non-hydrogen) atoms. The molecule has 0 aromatic rings. The number of nitrogens with zero attached hydrogens (tertiary/aromatic N) is 1. The van der Waals surface area contributed by atoms with Crippen molar-refractivity contribution in [3.8, 4) is 0 Å². The van der Waals surface area contributed by atoms with Gasteiger partial charge in [0, 0.05) is 6.54 Å². The molecule has 0 aromatic carbocycles. The van der Waals surface area contributed by atoms with Gasteiger partial charge < -0.3 is 10.6 Å². The van der Waals surface area contributed by atoms with Crippen molar-refractivity contribution in [2.24, 2.45) is 11.7 Å². The molecule has 2 N–H and O–H groups in total. The lowest BCUT2D eigenvalue weighted by molar-refractivity contribution is -0.162. The van der Waals surface area contributed by atoms with Crippen LogP contribution in [-0.2, 0) is 4.79 Å². The second-order valence-corrected chi connectivity index (χ2v) is 4.61. The molecular formula is C11H21F3N2O. The van der Waals surface area contributed by atoms with Gasteiger partial charge in [-0.15, -0.1) is 0 Å². The number of amides is 1. The Morgan fingerprint density at radius 1 is 1.35 bits per heavy atom. The molecule has 0 aliphatic rings. The summed E-state index contributed by atoms with van der Waals surface area (Å²) >= 11 is 0. The fourth-order valence-electron chi connectivity index (χ4n) is 1.60. The summed E-state index contributed by atoms with van der Waals surface area (Å²) in [5.41, 5.74) is 5.61. The maximum atomic E-state index is 12.3. The molecule has 0 spiro atoms. The molecule has 0 aromatic heterocycles. The first kappa shape index (κ1) is 16.2. The maximum absolute atomic E-state index is 12.3. The van der Waals surface area contributed by atoms with E-state index in [0.29, 0.717) is 12.8 Å². The summed E-state index contributed by atoms with van der Waals surface area (Å²) in [5, 5.41) is 0. The standard InChI is InChI=1S/C11H21F3N2O/c1-4-5-16(7-11(12,13)14)10(17)9(15)6-8(2)3/h8-9H,4-7,15H2,1-3H3/t9-/m0/s1. The molecule has 0 unspecified atom stereocenters. The molecule has 0 aliphatic heterocycles. The Labute approximate surface area is 100 Å². The second kappa shape index (κ2) is 6.83. The van der Waals surface area contributed by atoms with Gasteiger partial charge in [-0.3, -0.25) is 4.79 Å². The summed E-state index contributed by atoms with van der Waals surface area (Å²) in [5.74, 6) is -0.429. The first-order valence-electron chi connectivity index (χ1n) is 5.78. The number of halogens is 3. The SMILES string of the molecule is CCCN(CC(F)(F)F)C(=O)[C@@H](N)CC(C)C. The van der Waals surface area contributed by atoms with E-state index in [1.165, 1.54) is 0 Å². The molecule has 1 atom stereocenters. The van der Waals surface area contributed by atoms with Gasteiger partial charge in [-0.25, -0.2) is 0 Å². The lowest BCUT2D eigenvalue weighted by Crippen LogP contribution is -2.48. The van der Waals surface area contributed by atoms with Gasteiger partial charge in [-0.2, -0.15) is 13.2 Å². The Kier molecular flexibility index (Phi) is 6.52. The van der Waals surface area contributed by atoms with Gasteiger partial charge in [0.05, 0.1) is 6.04 Å². The Morgan fingerprint density at radius 3 is 2.24 bits per heavy atom. The fraction of sp³-hybridized carbons (Fsp3) is 0.909. The van der Waals surface area contributed by atoms with Gasteiger partial charge in [0.15, 0.2) is 0 Å². The van der Waals surface area contributed by atoms with E-state index in [0.717, 1.165) is 4.90 Å². The smallest absolute Gasteiger partial charge is 0.332 e. The third kappa shape index (κ3) is 7.20. The van der Waals surface area contributed by atoms with Crippen molar-refractivity contribution >= 4 is 5.91 Å². The summed E-state index contributed by atoms with van der Waals surface area (Å²) in [6.45, 7) is 4.35. The normalized spacial score (nSPS) is 13.9. The van der Waals surface area contributed by atoms with Crippen LogP contribution < -0.4 is 5.73 Å². The summed E-state index contributed by atoms with van der Waals surface area (Å²) in [6.07, 6.45) is -3.49. The molecule has 6 heteroatoms. The molecular weight excluding hydrogens is 233 g/mol. The first-order chi connectivity index (χ1) is 7.67. The van der Waals surface area contributed by atoms with Crippen molar-refractivity contribution in [1.29, 1.82) is 0 Å². The highest BCUT2D eigenvalue weighted by Gasteiger charge is 2.34. The zero-order chi connectivity index (χ0) is 13.6. The number of rotatable bonds is 6. The molecule has 0 bridgehead atoms. The molecule has 3 nitrogen and oxygen atoms in total. The van der Waals surface area contributed by atoms with Crippen molar-refractivity contribution in [2.45, 2.75) is 45.8 Å². The van der Waals surface area contributed by atoms with Crippen LogP contribution in [0.3, 0.4) is 0 Å². The minimum atomic E-state index is -4.37. The number of carbonyl (C=O) groups excluding carboxylic acids is 1. The minimum Gasteiger partial charge on any atom is -0.332 e. The average molecular weight is 254 g/mol. The molecule has 0 saturated heterocycles. The first-order valence-corrected chi connectivity index (χ1v) is 5.78. The minimum absolute atomic E-state index is 0.0874. The monoisotopic (exact) mass is 254 g/mol. The van der Waals surface area contributed by atoms with Gasteiger partial charge in [-0.1, -0.05) is 20.8 Å². The van der Waals surface area contributed by atoms with Crippen LogP contribution in [-0.4, -0.2) is 36.1 Å². The molecule has 1 amide bonds. The largest absolute Gasteiger partial charge is 0.406 e. The van der Waals surface area contributed by atoms with Crippen LogP contribution in [0.25, 0.3) is 0 Å². The lowest BCUT2D eigenvalue weighted by Gasteiger charge is -2.26. The Bertz CT molecular complexity index is 241. The number of hydrogen-bond donors (Lipinski definition) is 1. The topological polar surface area (TPSA) is 46.3 Å². The van der Waals surface area contributed by atoms with Gasteiger partial charge in [-0.05, 0) is 18.8 Å². The zero-order valence-corrected chi connectivity index (χ0v) is 10.5. The Morgan fingerprint density at radius 2 is 1.88 bits per heavy atom. The van der Waals surface area contributed by atoms with E-state index in [1.54, 1.807) is 6.92 Å². The molecule has 0 rings (SSSR count). The predicted octanol–water partition coefficient (Wildman–Crippen LogP) is 2.16. The van der Waals surface area contributed by atoms with Gasteiger partial charge in [0.2, 0.25) is 5.91 Å². The number of alkyl halides is 3. The fourth-order valence-corrected chi connectivity index (χ4v) is 1.60. The van der Waals surface area contributed by atoms with Crippen LogP contribution in [0.5, 0.6) is 0 Å². The Hall–Kier alpha value is -0.780. The highest BCUT2D eigenvalue weighted by atomic mass is 19.4. The summed E-state index contributed by atoms with van der Waals surface area (Å²) in [7, 11) is 0. The summed E-state index contributed by atoms with van der Waals surface area (Å²) in [4.78, 5) is 12.5. The van der Waals surface area contributed by atoms with Crippen LogP contribution >= 0.6 is 0 Å². The van der Waals surface area contributed by atoms with Crippen molar-refractivity contribution in [1.82, 2.24) is 4.90 Å². The van der Waals surface area contributed by atoms with Crippen molar-refractivity contribution in [2.75, 3.05) is 13.1 Å². The van der Waals surface area contributed by atoms with Crippen LogP contribution in [0.15, 0.2) is 0 Å². The van der Waals surface area contributed by atoms with Crippen molar-refractivity contribution in [3.05, 3.63) is 0 Å². The van der Waals surface area contributed by atoms with Crippen LogP contribution in [0.2, 0.25) is 0 Å². The van der Waals surface area contributed by atoms with Gasteiger partial charge in [0.1, 0.15) is 6.54 Å². The maximum Gasteiger partial charge on any atom is 0.406 e. The summed E-state index contributed by atoms with van der Waals surface area (Å²) < 4.78 is 36.8. The van der Waals surface area contributed by atoms with Crippen LogP contribution in [0.1, 0.15) is 33.6 Å². The van der Waals surface area contributed by atoms with E-state index in [4.69, 9.17) is 5.73 Å². The Balaban J connectivity index is 4.53. The zero-order valence-electron chi connectivity index (χ0n) is 10.5. The van der Waals surface area contributed by atoms with E-state index in [9.17, 15) is 18.0 Å².